The fourth-order valence-corrected chi connectivity index (χ4v) is 2.43. The molecule has 1 aromatic rings. The fraction of sp³-hybridized carbons (Fsp3) is 0. The topological polar surface area (TPSA) is 45.8 Å². The van der Waals surface area contributed by atoms with Crippen molar-refractivity contribution in [3.8, 4) is 0 Å². The second kappa shape index (κ2) is 3.18. The van der Waals surface area contributed by atoms with Crippen LogP contribution >= 0.6 is 10.9 Å². The van der Waals surface area contributed by atoms with Crippen LogP contribution in [0.25, 0.3) is 0 Å². The molecule has 0 amide bonds. The van der Waals surface area contributed by atoms with Crippen LogP contribution in [0.1, 0.15) is 0 Å². The smallest absolute Gasteiger partial charge is 0.264 e. The van der Waals surface area contributed by atoms with Crippen molar-refractivity contribution in [3.63, 3.8) is 0 Å². The van der Waals surface area contributed by atoms with E-state index < -0.39 is 10.9 Å². The van der Waals surface area contributed by atoms with Crippen LogP contribution in [0.3, 0.4) is 0 Å². The molecule has 3 nitrogen and oxygen atoms in total. The number of aromatic amines is 1. The molecule has 0 aliphatic carbocycles. The molecule has 2 rings (SSSR count). The maximum atomic E-state index is 12.6. The summed E-state index contributed by atoms with van der Waals surface area (Å²) in [4.78, 5) is 10.7. The molecule has 2 heterocycles. The van der Waals surface area contributed by atoms with Gasteiger partial charge in [-0.05, 0) is 23.0 Å². The van der Waals surface area contributed by atoms with Gasteiger partial charge in [0.25, 0.3) is 5.56 Å². The normalized spacial score (nSPS) is 23.2. The lowest BCUT2D eigenvalue weighted by Gasteiger charge is -2.05. The molecule has 5 heteroatoms. The molecule has 13 heavy (non-hydrogen) atoms. The summed E-state index contributed by atoms with van der Waals surface area (Å²) in [5.74, 6) is -0.237. The van der Waals surface area contributed by atoms with Crippen molar-refractivity contribution in [2.24, 2.45) is 0 Å². The monoisotopic (exact) mass is 198 g/mol. The van der Waals surface area contributed by atoms with Crippen molar-refractivity contribution in [2.45, 2.75) is 5.03 Å². The number of halogens is 1. The van der Waals surface area contributed by atoms with Gasteiger partial charge in [-0.3, -0.25) is 4.79 Å². The van der Waals surface area contributed by atoms with E-state index in [1.807, 2.05) is 0 Å². The van der Waals surface area contributed by atoms with Crippen LogP contribution in [0.5, 0.6) is 0 Å². The Morgan fingerprint density at radius 2 is 2.31 bits per heavy atom. The molecule has 0 saturated carbocycles. The predicted octanol–water partition coefficient (Wildman–Crippen LogP) is 1.47. The van der Waals surface area contributed by atoms with Crippen LogP contribution in [0.15, 0.2) is 44.7 Å². The molecule has 0 aromatic carbocycles. The van der Waals surface area contributed by atoms with Gasteiger partial charge < -0.3 is 0 Å². The van der Waals surface area contributed by atoms with E-state index in [1.165, 1.54) is 17.6 Å². The Balaban J connectivity index is 2.33. The molecule has 0 saturated heterocycles. The van der Waals surface area contributed by atoms with Gasteiger partial charge in [0.05, 0.1) is 0 Å². The van der Waals surface area contributed by atoms with E-state index >= 15 is 0 Å². The van der Waals surface area contributed by atoms with Gasteiger partial charge in [0.15, 0.2) is 0 Å². The van der Waals surface area contributed by atoms with Gasteiger partial charge in [0.2, 0.25) is 0 Å². The van der Waals surface area contributed by atoms with Crippen LogP contribution in [0, 0.1) is 0 Å². The predicted molar refractivity (Wildman–Crippen MR) is 50.4 cm³/mol. The average molecular weight is 198 g/mol. The molecule has 1 unspecified atom stereocenters. The molecule has 0 radical (unpaired) electrons. The quantitative estimate of drug-likeness (QED) is 0.671. The third-order valence-corrected chi connectivity index (χ3v) is 3.36. The highest BCUT2D eigenvalue weighted by Gasteiger charge is 2.08. The minimum absolute atomic E-state index is 0.237. The molecule has 1 aliphatic heterocycles. The van der Waals surface area contributed by atoms with Gasteiger partial charge in [-0.25, -0.2) is 9.49 Å². The van der Waals surface area contributed by atoms with E-state index in [4.69, 9.17) is 0 Å². The summed E-state index contributed by atoms with van der Waals surface area (Å²) in [7, 11) is -0.791. The third-order valence-electron chi connectivity index (χ3n) is 1.59. The number of allylic oxidation sites excluding steroid dienone is 2. The van der Waals surface area contributed by atoms with Crippen LogP contribution in [0.2, 0.25) is 0 Å². The third kappa shape index (κ3) is 1.70. The lowest BCUT2D eigenvalue weighted by Crippen LogP contribution is -2.05. The Morgan fingerprint density at radius 3 is 2.85 bits per heavy atom. The van der Waals surface area contributed by atoms with Crippen molar-refractivity contribution in [3.05, 3.63) is 45.2 Å². The summed E-state index contributed by atoms with van der Waals surface area (Å²) >= 11 is 0. The second-order valence-electron chi connectivity index (χ2n) is 2.52. The highest BCUT2D eigenvalue weighted by molar-refractivity contribution is 8.22. The SMILES string of the molecule is O=c1ccc([SH]2C=CC(F)=C2)n[nH]1. The molecule has 0 fully saturated rings. The molecule has 68 valence electrons. The number of hydrogen-bond donors (Lipinski definition) is 2. The lowest BCUT2D eigenvalue weighted by molar-refractivity contribution is 0.671. The van der Waals surface area contributed by atoms with E-state index in [-0.39, 0.29) is 11.4 Å². The standard InChI is InChI=1S/C8H7FN2OS/c9-6-3-4-13(5-6)8-2-1-7(12)10-11-8/h1-5,13H,(H,10,12). The van der Waals surface area contributed by atoms with Gasteiger partial charge in [-0.2, -0.15) is 16.0 Å². The Labute approximate surface area is 76.3 Å². The lowest BCUT2D eigenvalue weighted by atomic mass is 10.6. The Bertz CT molecular complexity index is 418. The zero-order valence-corrected chi connectivity index (χ0v) is 7.46. The maximum Gasteiger partial charge on any atom is 0.264 e. The summed E-state index contributed by atoms with van der Waals surface area (Å²) in [5, 5.41) is 10.1. The summed E-state index contributed by atoms with van der Waals surface area (Å²) < 4.78 is 12.6. The van der Waals surface area contributed by atoms with Crippen LogP contribution in [-0.2, 0) is 0 Å². The van der Waals surface area contributed by atoms with E-state index in [9.17, 15) is 9.18 Å². The number of nitrogens with one attached hydrogen (secondary N) is 1. The molecule has 0 bridgehead atoms. The fourth-order valence-electron chi connectivity index (χ4n) is 0.994. The first kappa shape index (κ1) is 8.25. The van der Waals surface area contributed by atoms with Gasteiger partial charge in [0.1, 0.15) is 10.9 Å². The van der Waals surface area contributed by atoms with Crippen molar-refractivity contribution in [2.75, 3.05) is 0 Å². The average Bonchev–Trinajstić information content (AvgIpc) is 2.53. The first-order valence-electron chi connectivity index (χ1n) is 3.65. The van der Waals surface area contributed by atoms with Gasteiger partial charge in [0, 0.05) is 6.07 Å². The summed E-state index contributed by atoms with van der Waals surface area (Å²) in [5.41, 5.74) is -0.244. The van der Waals surface area contributed by atoms with Crippen LogP contribution in [0.4, 0.5) is 4.39 Å². The van der Waals surface area contributed by atoms with Crippen LogP contribution in [-0.4, -0.2) is 10.2 Å². The van der Waals surface area contributed by atoms with E-state index in [0.29, 0.717) is 5.03 Å². The molecular formula is C8H7FN2OS. The Kier molecular flexibility index (Phi) is 2.02. The van der Waals surface area contributed by atoms with E-state index in [2.05, 4.69) is 10.2 Å². The van der Waals surface area contributed by atoms with Crippen molar-refractivity contribution in [1.82, 2.24) is 10.2 Å². The minimum Gasteiger partial charge on any atom is -0.268 e. The highest BCUT2D eigenvalue weighted by atomic mass is 32.2. The van der Waals surface area contributed by atoms with Gasteiger partial charge in [-0.15, -0.1) is 0 Å². The molecule has 1 atom stereocenters. The summed E-state index contributed by atoms with van der Waals surface area (Å²) in [6.45, 7) is 0. The first-order valence-corrected chi connectivity index (χ1v) is 5.13. The molecule has 0 spiro atoms. The van der Waals surface area contributed by atoms with E-state index in [1.54, 1.807) is 11.5 Å². The van der Waals surface area contributed by atoms with Gasteiger partial charge in [-0.1, -0.05) is 0 Å². The van der Waals surface area contributed by atoms with Gasteiger partial charge >= 0.3 is 0 Å². The minimum atomic E-state index is -0.791. The number of nitrogens with zero attached hydrogens (tertiary/aromatic N) is 1. The van der Waals surface area contributed by atoms with Crippen LogP contribution < -0.4 is 5.56 Å². The number of rotatable bonds is 1. The van der Waals surface area contributed by atoms with Crippen molar-refractivity contribution in [1.29, 1.82) is 0 Å². The zero-order chi connectivity index (χ0) is 9.26. The molecule has 1 aliphatic rings. The Morgan fingerprint density at radius 1 is 1.46 bits per heavy atom. The summed E-state index contributed by atoms with van der Waals surface area (Å²) in [6.07, 6.45) is 1.42. The molecular weight excluding hydrogens is 191 g/mol. The van der Waals surface area contributed by atoms with E-state index in [0.717, 1.165) is 0 Å². The second-order valence-corrected chi connectivity index (χ2v) is 4.35. The zero-order valence-electron chi connectivity index (χ0n) is 6.57. The number of aromatic nitrogens is 2. The Hall–Kier alpha value is -1.36. The van der Waals surface area contributed by atoms with Crippen molar-refractivity contribution < 1.29 is 4.39 Å². The number of hydrogen-bond acceptors (Lipinski definition) is 2. The number of H-pyrrole nitrogens is 1. The molecule has 1 N–H and O–H groups in total. The maximum absolute atomic E-state index is 12.6. The largest absolute Gasteiger partial charge is 0.268 e. The first-order chi connectivity index (χ1) is 6.25. The summed E-state index contributed by atoms with van der Waals surface area (Å²) in [6, 6.07) is 3.01. The van der Waals surface area contributed by atoms with Crippen molar-refractivity contribution >= 4 is 10.9 Å². The highest BCUT2D eigenvalue weighted by Crippen LogP contribution is 2.42. The number of thiol groups is 1. The molecule has 1 aromatic heterocycles.